The lowest BCUT2D eigenvalue weighted by molar-refractivity contribution is -0.0384. The van der Waals surface area contributed by atoms with Crippen LogP contribution in [0.1, 0.15) is 47.7 Å². The third kappa shape index (κ3) is 4.44. The molecule has 0 saturated heterocycles. The maximum atomic E-state index is 14.5. The van der Waals surface area contributed by atoms with E-state index in [-0.39, 0.29) is 48.2 Å². The van der Waals surface area contributed by atoms with Crippen LogP contribution in [-0.2, 0) is 0 Å². The van der Waals surface area contributed by atoms with Gasteiger partial charge < -0.3 is 5.32 Å². The Morgan fingerprint density at radius 1 is 1.00 bits per heavy atom. The van der Waals surface area contributed by atoms with E-state index in [9.17, 15) is 26.7 Å². The van der Waals surface area contributed by atoms with Gasteiger partial charge in [0.25, 0.3) is 5.91 Å². The molecule has 0 unspecified atom stereocenters. The van der Waals surface area contributed by atoms with E-state index in [0.717, 1.165) is 6.20 Å². The van der Waals surface area contributed by atoms with Crippen LogP contribution in [0.2, 0.25) is 0 Å². The van der Waals surface area contributed by atoms with Gasteiger partial charge in [0.15, 0.2) is 5.82 Å². The molecule has 0 bridgehead atoms. The molecule has 0 radical (unpaired) electrons. The van der Waals surface area contributed by atoms with Crippen LogP contribution < -0.4 is 5.32 Å². The number of alkyl halides is 2. The van der Waals surface area contributed by atoms with Crippen LogP contribution in [0.3, 0.4) is 0 Å². The molecule has 0 aromatic carbocycles. The molecule has 3 aromatic rings. The van der Waals surface area contributed by atoms with Crippen molar-refractivity contribution in [3.8, 4) is 11.3 Å². The van der Waals surface area contributed by atoms with Crippen molar-refractivity contribution in [1.82, 2.24) is 15.0 Å². The van der Waals surface area contributed by atoms with Crippen molar-refractivity contribution in [1.29, 1.82) is 0 Å². The standard InChI is InChI=1S/C22H17F5N4O/c23-15-2-1-8-28-18(15)14-5-9-29-17(12-3-6-22(26,27)7-4-12)19(14)31-21(32)13-10-16(24)20(25)30-11-13/h1-2,5,8-12H,3-4,6-7H2,(H,31,32). The van der Waals surface area contributed by atoms with Crippen LogP contribution in [0.15, 0.2) is 42.9 Å². The summed E-state index contributed by atoms with van der Waals surface area (Å²) in [4.78, 5) is 24.3. The monoisotopic (exact) mass is 448 g/mol. The second kappa shape index (κ2) is 8.60. The Morgan fingerprint density at radius 2 is 1.75 bits per heavy atom. The molecule has 1 fully saturated rings. The average Bonchev–Trinajstić information content (AvgIpc) is 2.76. The highest BCUT2D eigenvalue weighted by molar-refractivity contribution is 6.06. The summed E-state index contributed by atoms with van der Waals surface area (Å²) in [6, 6.07) is 4.70. The summed E-state index contributed by atoms with van der Waals surface area (Å²) < 4.78 is 68.5. The van der Waals surface area contributed by atoms with E-state index in [4.69, 9.17) is 0 Å². The molecule has 1 aliphatic rings. The van der Waals surface area contributed by atoms with Crippen molar-refractivity contribution in [2.75, 3.05) is 5.32 Å². The van der Waals surface area contributed by atoms with E-state index in [1.54, 1.807) is 0 Å². The lowest BCUT2D eigenvalue weighted by Gasteiger charge is -2.29. The maximum Gasteiger partial charge on any atom is 0.257 e. The number of nitrogens with zero attached hydrogens (tertiary/aromatic N) is 3. The number of rotatable bonds is 4. The molecule has 3 aromatic heterocycles. The second-order valence-electron chi connectivity index (χ2n) is 7.53. The number of hydrogen-bond acceptors (Lipinski definition) is 4. The normalized spacial score (nSPS) is 16.0. The molecule has 1 aliphatic carbocycles. The third-order valence-electron chi connectivity index (χ3n) is 5.39. The van der Waals surface area contributed by atoms with Crippen LogP contribution in [0.4, 0.5) is 27.6 Å². The van der Waals surface area contributed by atoms with E-state index in [1.165, 1.54) is 30.6 Å². The zero-order valence-electron chi connectivity index (χ0n) is 16.6. The summed E-state index contributed by atoms with van der Waals surface area (Å²) in [5, 5.41) is 2.56. The van der Waals surface area contributed by atoms with Gasteiger partial charge in [-0.25, -0.2) is 22.5 Å². The minimum absolute atomic E-state index is 0.0731. The summed E-state index contributed by atoms with van der Waals surface area (Å²) in [7, 11) is 0. The molecule has 0 spiro atoms. The molecule has 0 aliphatic heterocycles. The van der Waals surface area contributed by atoms with E-state index >= 15 is 0 Å². The average molecular weight is 448 g/mol. The first kappa shape index (κ1) is 21.8. The number of carbonyl (C=O) groups excluding carboxylic acids is 1. The first-order valence-corrected chi connectivity index (χ1v) is 9.85. The maximum absolute atomic E-state index is 14.5. The minimum Gasteiger partial charge on any atom is -0.320 e. The Balaban J connectivity index is 1.77. The molecule has 10 heteroatoms. The summed E-state index contributed by atoms with van der Waals surface area (Å²) in [5.41, 5.74) is 0.216. The van der Waals surface area contributed by atoms with Gasteiger partial charge in [0.2, 0.25) is 11.9 Å². The largest absolute Gasteiger partial charge is 0.320 e. The Kier molecular flexibility index (Phi) is 5.86. The number of aromatic nitrogens is 3. The summed E-state index contributed by atoms with van der Waals surface area (Å²) in [6.45, 7) is 0. The fraction of sp³-hybridized carbons (Fsp3) is 0.273. The molecule has 1 N–H and O–H groups in total. The molecule has 0 atom stereocenters. The number of amides is 1. The molecular formula is C22H17F5N4O. The molecule has 3 heterocycles. The minimum atomic E-state index is -2.78. The van der Waals surface area contributed by atoms with Crippen LogP contribution in [-0.4, -0.2) is 26.8 Å². The van der Waals surface area contributed by atoms with Gasteiger partial charge >= 0.3 is 0 Å². The van der Waals surface area contributed by atoms with E-state index in [2.05, 4.69) is 20.3 Å². The van der Waals surface area contributed by atoms with Crippen LogP contribution in [0.5, 0.6) is 0 Å². The highest BCUT2D eigenvalue weighted by Gasteiger charge is 2.37. The highest BCUT2D eigenvalue weighted by atomic mass is 19.3. The quantitative estimate of drug-likeness (QED) is 0.423. The van der Waals surface area contributed by atoms with Crippen molar-refractivity contribution in [3.63, 3.8) is 0 Å². The van der Waals surface area contributed by atoms with Crippen molar-refractivity contribution in [2.24, 2.45) is 0 Å². The van der Waals surface area contributed by atoms with Gasteiger partial charge in [-0.2, -0.15) is 4.39 Å². The Hall–Kier alpha value is -3.43. The van der Waals surface area contributed by atoms with Crippen molar-refractivity contribution in [3.05, 3.63) is 71.7 Å². The fourth-order valence-corrected chi connectivity index (χ4v) is 3.74. The predicted octanol–water partition coefficient (Wildman–Crippen LogP) is 5.50. The number of nitrogens with one attached hydrogen (secondary N) is 1. The summed E-state index contributed by atoms with van der Waals surface area (Å²) >= 11 is 0. The number of hydrogen-bond donors (Lipinski definition) is 1. The lowest BCUT2D eigenvalue weighted by atomic mass is 9.83. The highest BCUT2D eigenvalue weighted by Crippen LogP contribution is 2.44. The van der Waals surface area contributed by atoms with E-state index in [1.807, 2.05) is 0 Å². The number of carbonyl (C=O) groups is 1. The van der Waals surface area contributed by atoms with Gasteiger partial charge in [-0.05, 0) is 37.1 Å². The summed E-state index contributed by atoms with van der Waals surface area (Å²) in [6.07, 6.45) is 3.15. The molecule has 166 valence electrons. The first-order chi connectivity index (χ1) is 15.2. The number of halogens is 5. The van der Waals surface area contributed by atoms with Gasteiger partial charge in [-0.1, -0.05) is 0 Å². The van der Waals surface area contributed by atoms with Gasteiger partial charge in [-0.15, -0.1) is 0 Å². The molecule has 32 heavy (non-hydrogen) atoms. The Bertz CT molecular complexity index is 1160. The number of anilines is 1. The van der Waals surface area contributed by atoms with Crippen molar-refractivity contribution in [2.45, 2.75) is 37.5 Å². The van der Waals surface area contributed by atoms with Crippen molar-refractivity contribution >= 4 is 11.6 Å². The van der Waals surface area contributed by atoms with E-state index in [0.29, 0.717) is 11.8 Å². The SMILES string of the molecule is O=C(Nc1c(-c2ncccc2F)ccnc1C1CCC(F)(F)CC1)c1cnc(F)c(F)c1. The second-order valence-corrected chi connectivity index (χ2v) is 7.53. The van der Waals surface area contributed by atoms with Gasteiger partial charge in [-0.3, -0.25) is 14.8 Å². The third-order valence-corrected chi connectivity index (χ3v) is 5.39. The zero-order valence-corrected chi connectivity index (χ0v) is 16.6. The molecule has 1 saturated carbocycles. The van der Waals surface area contributed by atoms with Gasteiger partial charge in [0, 0.05) is 42.9 Å². The van der Waals surface area contributed by atoms with Gasteiger partial charge in [0.1, 0.15) is 11.5 Å². The topological polar surface area (TPSA) is 67.8 Å². The summed E-state index contributed by atoms with van der Waals surface area (Å²) in [5.74, 6) is -7.37. The molecule has 5 nitrogen and oxygen atoms in total. The zero-order chi connectivity index (χ0) is 22.9. The van der Waals surface area contributed by atoms with Crippen molar-refractivity contribution < 1.29 is 26.7 Å². The first-order valence-electron chi connectivity index (χ1n) is 9.85. The lowest BCUT2D eigenvalue weighted by Crippen LogP contribution is -2.25. The smallest absolute Gasteiger partial charge is 0.257 e. The molecule has 1 amide bonds. The molecular weight excluding hydrogens is 431 g/mol. The van der Waals surface area contributed by atoms with Gasteiger partial charge in [0.05, 0.1) is 16.9 Å². The van der Waals surface area contributed by atoms with E-state index < -0.39 is 35.3 Å². The number of pyridine rings is 3. The van der Waals surface area contributed by atoms with Crippen LogP contribution >= 0.6 is 0 Å². The molecule has 4 rings (SSSR count). The fourth-order valence-electron chi connectivity index (χ4n) is 3.74. The Labute approximate surface area is 179 Å². The predicted molar refractivity (Wildman–Crippen MR) is 106 cm³/mol. The Morgan fingerprint density at radius 3 is 2.44 bits per heavy atom. The van der Waals surface area contributed by atoms with Crippen LogP contribution in [0, 0.1) is 17.6 Å². The van der Waals surface area contributed by atoms with Crippen LogP contribution in [0.25, 0.3) is 11.3 Å².